The van der Waals surface area contributed by atoms with Crippen molar-refractivity contribution in [2.24, 2.45) is 0 Å². The number of carbonyl (C=O) groups is 1. The number of hydrogen-bond acceptors (Lipinski definition) is 5. The zero-order valence-electron chi connectivity index (χ0n) is 23.1. The summed E-state index contributed by atoms with van der Waals surface area (Å²) >= 11 is 1.75. The fraction of sp³-hybridized carbons (Fsp3) is 0.294. The summed E-state index contributed by atoms with van der Waals surface area (Å²) in [5.74, 6) is 0.861. The second kappa shape index (κ2) is 11.8. The lowest BCUT2D eigenvalue weighted by atomic mass is 9.84. The van der Waals surface area contributed by atoms with E-state index < -0.39 is 0 Å². The van der Waals surface area contributed by atoms with E-state index in [-0.39, 0.29) is 11.9 Å². The minimum absolute atomic E-state index is 0.117. The van der Waals surface area contributed by atoms with Crippen LogP contribution in [0.5, 0.6) is 5.75 Å². The minimum Gasteiger partial charge on any atom is -0.487 e. The number of carbonyl (C=O) groups excluding carboxylic acids is 1. The largest absolute Gasteiger partial charge is 0.487 e. The fourth-order valence-electron chi connectivity index (χ4n) is 5.95. The first kappa shape index (κ1) is 26.5. The molecule has 1 unspecified atom stereocenters. The van der Waals surface area contributed by atoms with Crippen molar-refractivity contribution >= 4 is 39.5 Å². The second-order valence-electron chi connectivity index (χ2n) is 10.4. The highest BCUT2D eigenvalue weighted by molar-refractivity contribution is 7.98. The van der Waals surface area contributed by atoms with E-state index in [4.69, 9.17) is 14.5 Å². The van der Waals surface area contributed by atoms with E-state index in [0.29, 0.717) is 19.6 Å². The Morgan fingerprint density at radius 3 is 2.73 bits per heavy atom. The molecule has 5 aromatic rings. The molecule has 0 amide bonds. The average Bonchev–Trinajstić information content (AvgIpc) is 3.30. The van der Waals surface area contributed by atoms with Crippen LogP contribution in [0.3, 0.4) is 0 Å². The van der Waals surface area contributed by atoms with Crippen molar-refractivity contribution in [3.8, 4) is 5.75 Å². The first-order chi connectivity index (χ1) is 19.6. The van der Waals surface area contributed by atoms with Crippen LogP contribution < -0.4 is 4.74 Å². The number of esters is 1. The third kappa shape index (κ3) is 5.46. The number of thioether (sulfide) groups is 1. The van der Waals surface area contributed by atoms with Gasteiger partial charge < -0.3 is 14.0 Å². The van der Waals surface area contributed by atoms with E-state index in [9.17, 15) is 4.79 Å². The lowest BCUT2D eigenvalue weighted by molar-refractivity contribution is -0.143. The van der Waals surface area contributed by atoms with Crippen LogP contribution in [-0.4, -0.2) is 28.4 Å². The first-order valence-corrected chi connectivity index (χ1v) is 15.3. The van der Waals surface area contributed by atoms with Crippen LogP contribution in [-0.2, 0) is 29.1 Å². The second-order valence-corrected chi connectivity index (χ2v) is 11.2. The van der Waals surface area contributed by atoms with Crippen molar-refractivity contribution in [2.75, 3.05) is 12.9 Å². The van der Waals surface area contributed by atoms with Crippen LogP contribution in [0.25, 0.3) is 21.8 Å². The van der Waals surface area contributed by atoms with Gasteiger partial charge in [-0.3, -0.25) is 4.79 Å². The summed E-state index contributed by atoms with van der Waals surface area (Å²) in [6, 6.07) is 27.4. The molecule has 2 heterocycles. The Morgan fingerprint density at radius 1 is 1.05 bits per heavy atom. The summed E-state index contributed by atoms with van der Waals surface area (Å²) in [4.78, 5) is 18.6. The molecule has 0 aliphatic heterocycles. The number of fused-ring (bicyclic) bond motifs is 4. The van der Waals surface area contributed by atoms with Gasteiger partial charge in [-0.15, -0.1) is 11.8 Å². The quantitative estimate of drug-likeness (QED) is 0.138. The first-order valence-electron chi connectivity index (χ1n) is 14.0. The third-order valence-corrected chi connectivity index (χ3v) is 8.55. The molecule has 0 saturated heterocycles. The van der Waals surface area contributed by atoms with Gasteiger partial charge in [0, 0.05) is 39.3 Å². The van der Waals surface area contributed by atoms with Gasteiger partial charge in [-0.1, -0.05) is 36.4 Å². The fourth-order valence-corrected chi connectivity index (χ4v) is 6.36. The normalized spacial score (nSPS) is 14.8. The van der Waals surface area contributed by atoms with E-state index in [1.165, 1.54) is 32.6 Å². The Bertz CT molecular complexity index is 1660. The molecule has 0 spiro atoms. The lowest BCUT2D eigenvalue weighted by Gasteiger charge is -2.25. The molecule has 5 nitrogen and oxygen atoms in total. The third-order valence-electron chi connectivity index (χ3n) is 7.81. The molecule has 0 bridgehead atoms. The lowest BCUT2D eigenvalue weighted by Crippen LogP contribution is -2.19. The monoisotopic (exact) mass is 550 g/mol. The SMILES string of the molecule is CCOC(=O)CC1CCCc2c1n(Cc1ccc(SC)cc1)c1ccc(OCc3ccc4ccccc4n3)cc21. The van der Waals surface area contributed by atoms with Gasteiger partial charge in [0.1, 0.15) is 12.4 Å². The van der Waals surface area contributed by atoms with Gasteiger partial charge in [-0.05, 0) is 86.0 Å². The minimum atomic E-state index is -0.117. The van der Waals surface area contributed by atoms with Gasteiger partial charge in [0.05, 0.1) is 24.2 Å². The van der Waals surface area contributed by atoms with Gasteiger partial charge >= 0.3 is 5.97 Å². The van der Waals surface area contributed by atoms with Gasteiger partial charge in [-0.2, -0.15) is 0 Å². The van der Waals surface area contributed by atoms with Gasteiger partial charge in [0.2, 0.25) is 0 Å². The number of nitrogens with zero attached hydrogens (tertiary/aromatic N) is 2. The number of benzene rings is 3. The van der Waals surface area contributed by atoms with Gasteiger partial charge in [0.25, 0.3) is 0 Å². The number of hydrogen-bond donors (Lipinski definition) is 0. The van der Waals surface area contributed by atoms with Crippen LogP contribution in [0, 0.1) is 0 Å². The molecular weight excluding hydrogens is 516 g/mol. The summed E-state index contributed by atoms with van der Waals surface area (Å²) in [5, 5.41) is 2.34. The Hall–Kier alpha value is -3.77. The van der Waals surface area contributed by atoms with Crippen molar-refractivity contribution in [3.05, 3.63) is 101 Å². The van der Waals surface area contributed by atoms with Crippen LogP contribution >= 0.6 is 11.8 Å². The van der Waals surface area contributed by atoms with E-state index in [0.717, 1.165) is 48.2 Å². The molecule has 3 aromatic carbocycles. The molecule has 1 aliphatic rings. The standard InChI is InChI=1S/C34H34N2O3S/c1-3-38-33(37)19-25-8-6-9-29-30-20-27(39-22-26-14-13-24-7-4-5-10-31(24)35-26)15-18-32(30)36(34(25)29)21-23-11-16-28(40-2)17-12-23/h4-5,7,10-18,20,25H,3,6,8-9,19,21-22H2,1-2H3. The summed E-state index contributed by atoms with van der Waals surface area (Å²) in [5.41, 5.74) is 6.93. The molecule has 40 heavy (non-hydrogen) atoms. The van der Waals surface area contributed by atoms with Crippen molar-refractivity contribution in [1.29, 1.82) is 0 Å². The van der Waals surface area contributed by atoms with Crippen molar-refractivity contribution in [2.45, 2.75) is 56.6 Å². The van der Waals surface area contributed by atoms with Crippen molar-refractivity contribution in [3.63, 3.8) is 0 Å². The molecule has 1 atom stereocenters. The molecule has 204 valence electrons. The highest BCUT2D eigenvalue weighted by Gasteiger charge is 2.30. The van der Waals surface area contributed by atoms with Crippen molar-refractivity contribution < 1.29 is 14.3 Å². The Kier molecular flexibility index (Phi) is 7.78. The topological polar surface area (TPSA) is 53.4 Å². The average molecular weight is 551 g/mol. The number of aromatic nitrogens is 2. The molecule has 0 radical (unpaired) electrons. The summed E-state index contributed by atoms with van der Waals surface area (Å²) in [6.07, 6.45) is 5.56. The van der Waals surface area contributed by atoms with Crippen molar-refractivity contribution in [1.82, 2.24) is 9.55 Å². The summed E-state index contributed by atoms with van der Waals surface area (Å²) < 4.78 is 14.1. The predicted molar refractivity (Wildman–Crippen MR) is 162 cm³/mol. The van der Waals surface area contributed by atoms with Gasteiger partial charge in [-0.25, -0.2) is 4.98 Å². The highest BCUT2D eigenvalue weighted by Crippen LogP contribution is 2.42. The molecule has 2 aromatic heterocycles. The molecule has 6 rings (SSSR count). The Morgan fingerprint density at radius 2 is 1.90 bits per heavy atom. The van der Waals surface area contributed by atoms with E-state index >= 15 is 0 Å². The van der Waals surface area contributed by atoms with Crippen LogP contribution in [0.15, 0.2) is 83.8 Å². The number of aryl methyl sites for hydroxylation is 1. The molecule has 6 heteroatoms. The number of ether oxygens (including phenoxy) is 2. The molecule has 0 N–H and O–H groups in total. The summed E-state index contributed by atoms with van der Waals surface area (Å²) in [7, 11) is 0. The smallest absolute Gasteiger partial charge is 0.306 e. The van der Waals surface area contributed by atoms with E-state index in [1.54, 1.807) is 11.8 Å². The maximum absolute atomic E-state index is 12.6. The zero-order chi connectivity index (χ0) is 27.5. The van der Waals surface area contributed by atoms with E-state index in [1.807, 2.05) is 31.2 Å². The highest BCUT2D eigenvalue weighted by atomic mass is 32.2. The van der Waals surface area contributed by atoms with E-state index in [2.05, 4.69) is 65.4 Å². The molecule has 0 saturated carbocycles. The molecular formula is C34H34N2O3S. The maximum Gasteiger partial charge on any atom is 0.306 e. The molecule has 0 fully saturated rings. The zero-order valence-corrected chi connectivity index (χ0v) is 23.9. The number of pyridine rings is 1. The molecule has 1 aliphatic carbocycles. The maximum atomic E-state index is 12.6. The number of rotatable bonds is 9. The van der Waals surface area contributed by atoms with Crippen LogP contribution in [0.4, 0.5) is 0 Å². The van der Waals surface area contributed by atoms with Crippen LogP contribution in [0.1, 0.15) is 54.6 Å². The Balaban J connectivity index is 1.34. The van der Waals surface area contributed by atoms with Gasteiger partial charge in [0.15, 0.2) is 0 Å². The summed E-state index contributed by atoms with van der Waals surface area (Å²) in [6.45, 7) is 3.46. The predicted octanol–water partition coefficient (Wildman–Crippen LogP) is 7.91. The van der Waals surface area contributed by atoms with Crippen LogP contribution in [0.2, 0.25) is 0 Å². The Labute approximate surface area is 239 Å². The number of para-hydroxylation sites is 1.